The molecule has 0 saturated carbocycles. The number of fused-ring (bicyclic) bond motifs is 1. The highest BCUT2D eigenvalue weighted by atomic mass is 16.5. The van der Waals surface area contributed by atoms with Gasteiger partial charge in [0.25, 0.3) is 0 Å². The molecule has 0 bridgehead atoms. The first kappa shape index (κ1) is 13.6. The Bertz CT molecular complexity index is 660. The number of benzene rings is 1. The van der Waals surface area contributed by atoms with Crippen LogP contribution >= 0.6 is 0 Å². The Kier molecular flexibility index (Phi) is 3.62. The van der Waals surface area contributed by atoms with E-state index in [0.717, 1.165) is 29.0 Å². The fourth-order valence-electron chi connectivity index (χ4n) is 2.54. The van der Waals surface area contributed by atoms with Gasteiger partial charge in [-0.05, 0) is 26.0 Å². The molecule has 1 aromatic carbocycles. The molecule has 1 aliphatic heterocycles. The molecule has 6 heteroatoms. The third-order valence-electron chi connectivity index (χ3n) is 3.39. The molecule has 3 N–H and O–H groups in total. The van der Waals surface area contributed by atoms with Crippen LogP contribution in [-0.2, 0) is 6.42 Å². The number of hydrazine groups is 1. The fraction of sp³-hybridized carbons (Fsp3) is 0.333. The molecule has 1 aromatic heterocycles. The summed E-state index contributed by atoms with van der Waals surface area (Å²) in [6.45, 7) is 4.58. The average molecular weight is 286 g/mol. The van der Waals surface area contributed by atoms with Crippen molar-refractivity contribution in [1.82, 2.24) is 9.97 Å². The number of nitrogens with two attached hydrogens (primary N) is 1. The molecule has 0 fully saturated rings. The standard InChI is InChI=1S/C15H18N4O2/c1-3-20-13-7-10-6-9(2)21-12(10)8-11(13)14-15(19-16)18-5-4-17-14/h4-5,7-9H,3,6,16H2,1-2H3,(H,18,19). The van der Waals surface area contributed by atoms with Gasteiger partial charge in [-0.1, -0.05) is 0 Å². The van der Waals surface area contributed by atoms with Crippen LogP contribution in [0.3, 0.4) is 0 Å². The van der Waals surface area contributed by atoms with Gasteiger partial charge in [-0.25, -0.2) is 10.8 Å². The number of nitrogens with zero attached hydrogens (tertiary/aromatic N) is 2. The molecule has 2 aromatic rings. The van der Waals surface area contributed by atoms with Crippen molar-refractivity contribution in [2.75, 3.05) is 12.0 Å². The highest BCUT2D eigenvalue weighted by molar-refractivity contribution is 5.78. The molecule has 1 aliphatic rings. The van der Waals surface area contributed by atoms with Gasteiger partial charge in [0.1, 0.15) is 23.3 Å². The monoisotopic (exact) mass is 286 g/mol. The van der Waals surface area contributed by atoms with E-state index in [1.54, 1.807) is 12.4 Å². The van der Waals surface area contributed by atoms with E-state index < -0.39 is 0 Å². The molecule has 3 rings (SSSR count). The Balaban J connectivity index is 2.14. The van der Waals surface area contributed by atoms with Crippen molar-refractivity contribution in [1.29, 1.82) is 0 Å². The highest BCUT2D eigenvalue weighted by Crippen LogP contribution is 2.40. The van der Waals surface area contributed by atoms with Crippen LogP contribution in [0.15, 0.2) is 24.5 Å². The van der Waals surface area contributed by atoms with E-state index >= 15 is 0 Å². The quantitative estimate of drug-likeness (QED) is 0.662. The first-order valence-electron chi connectivity index (χ1n) is 6.97. The summed E-state index contributed by atoms with van der Waals surface area (Å²) in [7, 11) is 0. The Labute approximate surface area is 123 Å². The summed E-state index contributed by atoms with van der Waals surface area (Å²) < 4.78 is 11.6. The normalized spacial score (nSPS) is 16.2. The van der Waals surface area contributed by atoms with Gasteiger partial charge in [0.15, 0.2) is 5.82 Å². The van der Waals surface area contributed by atoms with E-state index in [-0.39, 0.29) is 6.10 Å². The number of nitrogen functional groups attached to an aromatic ring is 1. The van der Waals surface area contributed by atoms with Crippen molar-refractivity contribution in [3.8, 4) is 22.8 Å². The predicted molar refractivity (Wildman–Crippen MR) is 80.2 cm³/mol. The lowest BCUT2D eigenvalue weighted by Gasteiger charge is -2.13. The number of hydrogen-bond acceptors (Lipinski definition) is 6. The van der Waals surface area contributed by atoms with Gasteiger partial charge in [0.05, 0.1) is 6.61 Å². The van der Waals surface area contributed by atoms with Crippen LogP contribution in [0.1, 0.15) is 19.4 Å². The first-order chi connectivity index (χ1) is 10.2. The van der Waals surface area contributed by atoms with Gasteiger partial charge in [-0.15, -0.1) is 0 Å². The third kappa shape index (κ3) is 2.50. The summed E-state index contributed by atoms with van der Waals surface area (Å²) in [5.74, 6) is 7.67. The second-order valence-corrected chi connectivity index (χ2v) is 4.92. The number of anilines is 1. The van der Waals surface area contributed by atoms with Crippen molar-refractivity contribution < 1.29 is 9.47 Å². The lowest BCUT2D eigenvalue weighted by Crippen LogP contribution is -2.10. The van der Waals surface area contributed by atoms with Crippen molar-refractivity contribution in [3.63, 3.8) is 0 Å². The second kappa shape index (κ2) is 5.57. The maximum atomic E-state index is 5.82. The summed E-state index contributed by atoms with van der Waals surface area (Å²) in [4.78, 5) is 8.55. The summed E-state index contributed by atoms with van der Waals surface area (Å²) in [5.41, 5.74) is 5.20. The van der Waals surface area contributed by atoms with Gasteiger partial charge < -0.3 is 14.9 Å². The van der Waals surface area contributed by atoms with Gasteiger partial charge >= 0.3 is 0 Å². The molecule has 0 spiro atoms. The Morgan fingerprint density at radius 1 is 1.38 bits per heavy atom. The number of rotatable bonds is 4. The molecule has 1 unspecified atom stereocenters. The van der Waals surface area contributed by atoms with Gasteiger partial charge in [-0.3, -0.25) is 4.98 Å². The molecule has 0 radical (unpaired) electrons. The van der Waals surface area contributed by atoms with Gasteiger partial charge in [0.2, 0.25) is 0 Å². The Morgan fingerprint density at radius 2 is 2.19 bits per heavy atom. The predicted octanol–water partition coefficient (Wildman–Crippen LogP) is 2.15. The number of aromatic nitrogens is 2. The Hall–Kier alpha value is -2.34. The minimum Gasteiger partial charge on any atom is -0.493 e. The van der Waals surface area contributed by atoms with Crippen LogP contribution < -0.4 is 20.7 Å². The molecule has 0 aliphatic carbocycles. The van der Waals surface area contributed by atoms with Crippen LogP contribution in [0.25, 0.3) is 11.3 Å². The fourth-order valence-corrected chi connectivity index (χ4v) is 2.54. The maximum absolute atomic E-state index is 5.82. The maximum Gasteiger partial charge on any atom is 0.166 e. The van der Waals surface area contributed by atoms with Crippen LogP contribution in [0, 0.1) is 0 Å². The van der Waals surface area contributed by atoms with E-state index in [1.165, 1.54) is 0 Å². The molecule has 2 heterocycles. The van der Waals surface area contributed by atoms with E-state index in [1.807, 2.05) is 19.1 Å². The summed E-state index contributed by atoms with van der Waals surface area (Å²) in [6, 6.07) is 3.97. The lowest BCUT2D eigenvalue weighted by molar-refractivity contribution is 0.254. The smallest absolute Gasteiger partial charge is 0.166 e. The zero-order chi connectivity index (χ0) is 14.8. The van der Waals surface area contributed by atoms with Crippen molar-refractivity contribution in [2.24, 2.45) is 5.84 Å². The minimum absolute atomic E-state index is 0.179. The van der Waals surface area contributed by atoms with E-state index in [4.69, 9.17) is 15.3 Å². The van der Waals surface area contributed by atoms with E-state index in [2.05, 4.69) is 22.3 Å². The summed E-state index contributed by atoms with van der Waals surface area (Å²) >= 11 is 0. The van der Waals surface area contributed by atoms with E-state index in [0.29, 0.717) is 18.1 Å². The molecular formula is C15H18N4O2. The van der Waals surface area contributed by atoms with Crippen molar-refractivity contribution in [3.05, 3.63) is 30.1 Å². The largest absolute Gasteiger partial charge is 0.493 e. The zero-order valence-corrected chi connectivity index (χ0v) is 12.1. The van der Waals surface area contributed by atoms with Crippen LogP contribution in [0.5, 0.6) is 11.5 Å². The zero-order valence-electron chi connectivity index (χ0n) is 12.1. The topological polar surface area (TPSA) is 82.3 Å². The third-order valence-corrected chi connectivity index (χ3v) is 3.39. The van der Waals surface area contributed by atoms with Crippen LogP contribution in [0.4, 0.5) is 5.82 Å². The SMILES string of the molecule is CCOc1cc2c(cc1-c1nccnc1NN)OC(C)C2. The second-order valence-electron chi connectivity index (χ2n) is 4.92. The van der Waals surface area contributed by atoms with Gasteiger partial charge in [-0.2, -0.15) is 0 Å². The number of ether oxygens (including phenoxy) is 2. The molecular weight excluding hydrogens is 268 g/mol. The van der Waals surface area contributed by atoms with Gasteiger partial charge in [0, 0.05) is 29.9 Å². The van der Waals surface area contributed by atoms with E-state index in [9.17, 15) is 0 Å². The Morgan fingerprint density at radius 3 is 2.95 bits per heavy atom. The van der Waals surface area contributed by atoms with Crippen LogP contribution in [0.2, 0.25) is 0 Å². The number of nitrogens with one attached hydrogen (secondary N) is 1. The highest BCUT2D eigenvalue weighted by Gasteiger charge is 2.23. The lowest BCUT2D eigenvalue weighted by atomic mass is 10.0. The summed E-state index contributed by atoms with van der Waals surface area (Å²) in [5, 5.41) is 0. The molecule has 0 saturated heterocycles. The van der Waals surface area contributed by atoms with Crippen molar-refractivity contribution in [2.45, 2.75) is 26.4 Å². The summed E-state index contributed by atoms with van der Waals surface area (Å²) in [6.07, 6.45) is 4.28. The molecule has 0 amide bonds. The van der Waals surface area contributed by atoms with Crippen LogP contribution in [-0.4, -0.2) is 22.7 Å². The number of hydrogen-bond donors (Lipinski definition) is 2. The molecule has 6 nitrogen and oxygen atoms in total. The minimum atomic E-state index is 0.179. The molecule has 21 heavy (non-hydrogen) atoms. The first-order valence-corrected chi connectivity index (χ1v) is 6.97. The van der Waals surface area contributed by atoms with Crippen molar-refractivity contribution >= 4 is 5.82 Å². The molecule has 1 atom stereocenters. The molecule has 110 valence electrons. The average Bonchev–Trinajstić information content (AvgIpc) is 2.86.